The molecule has 0 spiro atoms. The smallest absolute Gasteiger partial charge is 0.0597 e. The molecule has 0 fully saturated rings. The number of aliphatic hydroxyl groups excluding tert-OH is 2. The quantitative estimate of drug-likeness (QED) is 0.736. The number of rotatable bonds is 6. The second-order valence-corrected chi connectivity index (χ2v) is 6.12. The largest absolute Gasteiger partial charge is 0.393 e. The molecule has 2 nitrogen and oxygen atoms in total. The Morgan fingerprint density at radius 3 is 1.12 bits per heavy atom. The van der Waals surface area contributed by atoms with Crippen LogP contribution in [0.15, 0.2) is 0 Å². The van der Waals surface area contributed by atoms with Crippen LogP contribution in [-0.4, -0.2) is 22.4 Å². The van der Waals surface area contributed by atoms with Gasteiger partial charge in [-0.25, -0.2) is 0 Å². The van der Waals surface area contributed by atoms with Crippen LogP contribution in [0.25, 0.3) is 0 Å². The van der Waals surface area contributed by atoms with Crippen LogP contribution in [-0.2, 0) is 0 Å². The van der Waals surface area contributed by atoms with Crippen LogP contribution in [0.5, 0.6) is 0 Å². The zero-order valence-electron chi connectivity index (χ0n) is 11.9. The van der Waals surface area contributed by atoms with Gasteiger partial charge in [0.15, 0.2) is 0 Å². The van der Waals surface area contributed by atoms with Crippen molar-refractivity contribution in [2.24, 2.45) is 29.6 Å². The third-order valence-corrected chi connectivity index (χ3v) is 3.62. The summed E-state index contributed by atoms with van der Waals surface area (Å²) in [6.07, 6.45) is -0.692. The van der Waals surface area contributed by atoms with E-state index in [9.17, 15) is 10.2 Å². The minimum atomic E-state index is -0.360. The molecule has 2 heteroatoms. The van der Waals surface area contributed by atoms with Gasteiger partial charge in [0.1, 0.15) is 0 Å². The Bertz CT molecular complexity index is 177. The van der Waals surface area contributed by atoms with E-state index >= 15 is 0 Å². The molecule has 0 rings (SSSR count). The van der Waals surface area contributed by atoms with Gasteiger partial charge in [-0.05, 0) is 36.5 Å². The van der Waals surface area contributed by atoms with Gasteiger partial charge in [0.2, 0.25) is 0 Å². The summed E-state index contributed by atoms with van der Waals surface area (Å²) in [5.74, 6) is 1.35. The van der Waals surface area contributed by atoms with Crippen molar-refractivity contribution in [1.82, 2.24) is 0 Å². The first-order chi connectivity index (χ1) is 7.20. The minimum Gasteiger partial charge on any atom is -0.393 e. The number of aliphatic hydroxyl groups is 2. The van der Waals surface area contributed by atoms with Gasteiger partial charge in [-0.2, -0.15) is 0 Å². The molecule has 4 atom stereocenters. The van der Waals surface area contributed by atoms with Crippen LogP contribution in [0.1, 0.15) is 48.5 Å². The lowest BCUT2D eigenvalue weighted by atomic mass is 9.69. The van der Waals surface area contributed by atoms with E-state index in [0.717, 1.165) is 0 Å². The van der Waals surface area contributed by atoms with Gasteiger partial charge in [-0.3, -0.25) is 0 Å². The number of hydrogen-bond donors (Lipinski definition) is 2. The monoisotopic (exact) mass is 230 g/mol. The van der Waals surface area contributed by atoms with E-state index in [1.54, 1.807) is 0 Å². The highest BCUT2D eigenvalue weighted by Crippen LogP contribution is 2.35. The Hall–Kier alpha value is -0.0800. The molecule has 0 saturated carbocycles. The van der Waals surface area contributed by atoms with Crippen molar-refractivity contribution in [3.8, 4) is 0 Å². The molecule has 0 aliphatic rings. The van der Waals surface area contributed by atoms with Crippen LogP contribution in [0.3, 0.4) is 0 Å². The molecule has 98 valence electrons. The normalized spacial score (nSPS) is 20.2. The Kier molecular flexibility index (Phi) is 6.57. The molecule has 0 aliphatic heterocycles. The van der Waals surface area contributed by atoms with Crippen molar-refractivity contribution in [2.75, 3.05) is 0 Å². The molecule has 16 heavy (non-hydrogen) atoms. The van der Waals surface area contributed by atoms with Gasteiger partial charge in [0, 0.05) is 0 Å². The highest BCUT2D eigenvalue weighted by molar-refractivity contribution is 4.85. The van der Waals surface area contributed by atoms with Gasteiger partial charge in [0.25, 0.3) is 0 Å². The van der Waals surface area contributed by atoms with E-state index < -0.39 is 0 Å². The Balaban J connectivity index is 5.00. The second kappa shape index (κ2) is 6.61. The summed E-state index contributed by atoms with van der Waals surface area (Å²) in [5, 5.41) is 20.2. The van der Waals surface area contributed by atoms with Gasteiger partial charge in [0.05, 0.1) is 12.2 Å². The van der Waals surface area contributed by atoms with Crippen LogP contribution in [0.2, 0.25) is 0 Å². The first-order valence-electron chi connectivity index (χ1n) is 6.56. The molecule has 2 N–H and O–H groups in total. The van der Waals surface area contributed by atoms with Crippen molar-refractivity contribution < 1.29 is 10.2 Å². The van der Waals surface area contributed by atoms with Crippen LogP contribution < -0.4 is 0 Å². The van der Waals surface area contributed by atoms with E-state index in [0.29, 0.717) is 11.8 Å². The van der Waals surface area contributed by atoms with Crippen molar-refractivity contribution in [2.45, 2.75) is 60.7 Å². The number of hydrogen-bond acceptors (Lipinski definition) is 2. The molecule has 0 aromatic carbocycles. The van der Waals surface area contributed by atoms with E-state index in [2.05, 4.69) is 27.7 Å². The Morgan fingerprint density at radius 2 is 0.938 bits per heavy atom. The summed E-state index contributed by atoms with van der Waals surface area (Å²) in [6.45, 7) is 14.4. The summed E-state index contributed by atoms with van der Waals surface area (Å²) in [5.41, 5.74) is 0. The van der Waals surface area contributed by atoms with E-state index in [1.165, 1.54) is 0 Å². The lowest BCUT2D eigenvalue weighted by Gasteiger charge is -2.39. The fourth-order valence-corrected chi connectivity index (χ4v) is 2.83. The highest BCUT2D eigenvalue weighted by atomic mass is 16.3. The summed E-state index contributed by atoms with van der Waals surface area (Å²) in [6, 6.07) is 0. The van der Waals surface area contributed by atoms with E-state index in [1.807, 2.05) is 20.8 Å². The van der Waals surface area contributed by atoms with E-state index in [-0.39, 0.29) is 30.0 Å². The topological polar surface area (TPSA) is 40.5 Å². The Labute approximate surface area is 101 Å². The molecule has 0 aromatic heterocycles. The summed E-state index contributed by atoms with van der Waals surface area (Å²) >= 11 is 0. The molecule has 0 amide bonds. The lowest BCUT2D eigenvalue weighted by Crippen LogP contribution is -2.42. The SMILES string of the molecule is CC(C)C(O)C(C(C)C)C(C(C)C)C(C)O. The maximum absolute atomic E-state index is 10.3. The second-order valence-electron chi connectivity index (χ2n) is 6.12. The summed E-state index contributed by atoms with van der Waals surface area (Å²) in [4.78, 5) is 0. The Morgan fingerprint density at radius 1 is 0.562 bits per heavy atom. The van der Waals surface area contributed by atoms with Gasteiger partial charge >= 0.3 is 0 Å². The van der Waals surface area contributed by atoms with E-state index in [4.69, 9.17) is 0 Å². The van der Waals surface area contributed by atoms with Crippen LogP contribution in [0.4, 0.5) is 0 Å². The summed E-state index contributed by atoms with van der Waals surface area (Å²) < 4.78 is 0. The molecule has 0 aliphatic carbocycles. The first kappa shape index (κ1) is 15.9. The van der Waals surface area contributed by atoms with Crippen molar-refractivity contribution in [1.29, 1.82) is 0 Å². The molecule has 0 aromatic rings. The fourth-order valence-electron chi connectivity index (χ4n) is 2.83. The molecule has 4 unspecified atom stereocenters. The third-order valence-electron chi connectivity index (χ3n) is 3.62. The molecule has 0 heterocycles. The maximum atomic E-state index is 10.3. The minimum absolute atomic E-state index is 0.164. The first-order valence-corrected chi connectivity index (χ1v) is 6.56. The lowest BCUT2D eigenvalue weighted by molar-refractivity contribution is -0.0452. The van der Waals surface area contributed by atoms with Crippen molar-refractivity contribution in [3.05, 3.63) is 0 Å². The van der Waals surface area contributed by atoms with Crippen molar-refractivity contribution >= 4 is 0 Å². The van der Waals surface area contributed by atoms with Gasteiger partial charge in [-0.15, -0.1) is 0 Å². The van der Waals surface area contributed by atoms with Crippen molar-refractivity contribution in [3.63, 3.8) is 0 Å². The molecule has 0 saturated heterocycles. The average molecular weight is 230 g/mol. The highest BCUT2D eigenvalue weighted by Gasteiger charge is 2.36. The average Bonchev–Trinajstić information content (AvgIpc) is 2.10. The van der Waals surface area contributed by atoms with Gasteiger partial charge in [-0.1, -0.05) is 41.5 Å². The van der Waals surface area contributed by atoms with Gasteiger partial charge < -0.3 is 10.2 Å². The zero-order valence-corrected chi connectivity index (χ0v) is 11.9. The zero-order chi connectivity index (χ0) is 13.0. The van der Waals surface area contributed by atoms with Crippen LogP contribution >= 0.6 is 0 Å². The third kappa shape index (κ3) is 4.06. The van der Waals surface area contributed by atoms with Crippen LogP contribution in [0, 0.1) is 29.6 Å². The molecule has 0 bridgehead atoms. The molecular weight excluding hydrogens is 200 g/mol. The standard InChI is InChI=1S/C14H30O2/c1-8(2)12(11(7)15)13(9(3)4)14(16)10(5)6/h8-16H,1-7H3. The molecular formula is C14H30O2. The maximum Gasteiger partial charge on any atom is 0.0597 e. The predicted octanol–water partition coefficient (Wildman–Crippen LogP) is 2.93. The molecule has 0 radical (unpaired) electrons. The fraction of sp³-hybridized carbons (Fsp3) is 1.00. The summed E-state index contributed by atoms with van der Waals surface area (Å²) in [7, 11) is 0. The predicted molar refractivity (Wildman–Crippen MR) is 69.2 cm³/mol.